The van der Waals surface area contributed by atoms with Crippen LogP contribution in [0.3, 0.4) is 0 Å². The molecule has 0 saturated carbocycles. The van der Waals surface area contributed by atoms with Gasteiger partial charge in [-0.15, -0.1) is 0 Å². The molecule has 3 N–H and O–H groups in total. The Morgan fingerprint density at radius 1 is 1.06 bits per heavy atom. The van der Waals surface area contributed by atoms with E-state index in [1.165, 1.54) is 0 Å². The lowest BCUT2D eigenvalue weighted by Crippen LogP contribution is -2.56. The molecule has 0 radical (unpaired) electrons. The summed E-state index contributed by atoms with van der Waals surface area (Å²) in [4.78, 5) is 17.0. The largest absolute Gasteiger partial charge is 0.454 e. The molecule has 1 amide bonds. The quantitative estimate of drug-likeness (QED) is 0.300. The highest BCUT2D eigenvalue weighted by molar-refractivity contribution is 5.89. The van der Waals surface area contributed by atoms with Gasteiger partial charge in [-0.2, -0.15) is 0 Å². The Morgan fingerprint density at radius 2 is 1.83 bits per heavy atom. The fourth-order valence-corrected chi connectivity index (χ4v) is 4.56. The number of fused-ring (bicyclic) bond motifs is 2. The molecule has 36 heavy (non-hydrogen) atoms. The summed E-state index contributed by atoms with van der Waals surface area (Å²) in [6.07, 6.45) is 6.59. The van der Waals surface area contributed by atoms with Crippen molar-refractivity contribution in [3.8, 4) is 11.5 Å². The highest BCUT2D eigenvalue weighted by atomic mass is 16.7. The second-order valence-corrected chi connectivity index (χ2v) is 9.37. The first-order valence-corrected chi connectivity index (χ1v) is 12.2. The number of rotatable bonds is 9. The minimum atomic E-state index is -0.826. The molecule has 184 valence electrons. The van der Waals surface area contributed by atoms with Gasteiger partial charge in [0.2, 0.25) is 12.7 Å². The summed E-state index contributed by atoms with van der Waals surface area (Å²) in [5.41, 5.74) is 3.43. The zero-order valence-corrected chi connectivity index (χ0v) is 20.6. The van der Waals surface area contributed by atoms with Crippen molar-refractivity contribution in [2.75, 3.05) is 13.3 Å². The number of carbonyl (C=O) groups excluding carboxylic acids is 1. The second-order valence-electron chi connectivity index (χ2n) is 9.37. The van der Waals surface area contributed by atoms with Crippen molar-refractivity contribution in [2.24, 2.45) is 0 Å². The van der Waals surface area contributed by atoms with E-state index in [2.05, 4.69) is 27.8 Å². The average Bonchev–Trinajstić information content (AvgIpc) is 3.54. The van der Waals surface area contributed by atoms with Crippen molar-refractivity contribution in [1.82, 2.24) is 15.6 Å². The first-order valence-electron chi connectivity index (χ1n) is 12.2. The molecule has 2 heterocycles. The molecule has 1 aromatic heterocycles. The number of hydrogen-bond acceptors (Lipinski definition) is 4. The number of benzene rings is 3. The minimum absolute atomic E-state index is 0.0411. The Balaban J connectivity index is 1.33. The summed E-state index contributed by atoms with van der Waals surface area (Å²) in [5.74, 6) is 1.48. The van der Waals surface area contributed by atoms with Crippen LogP contribution in [0.25, 0.3) is 17.0 Å². The van der Waals surface area contributed by atoms with Crippen LogP contribution < -0.4 is 20.1 Å². The molecule has 0 saturated heterocycles. The van der Waals surface area contributed by atoms with Crippen LogP contribution in [0, 0.1) is 0 Å². The van der Waals surface area contributed by atoms with Crippen LogP contribution in [0.2, 0.25) is 0 Å². The van der Waals surface area contributed by atoms with Gasteiger partial charge in [-0.1, -0.05) is 66.7 Å². The van der Waals surface area contributed by atoms with Crippen molar-refractivity contribution < 1.29 is 14.3 Å². The summed E-state index contributed by atoms with van der Waals surface area (Å²) in [6, 6.07) is 23.9. The smallest absolute Gasteiger partial charge is 0.240 e. The van der Waals surface area contributed by atoms with E-state index in [0.29, 0.717) is 13.0 Å². The van der Waals surface area contributed by atoms with Gasteiger partial charge in [-0.3, -0.25) is 10.1 Å². The molecule has 0 fully saturated rings. The number of aromatic amines is 1. The number of amides is 1. The van der Waals surface area contributed by atoms with Gasteiger partial charge in [0.05, 0.1) is 11.6 Å². The van der Waals surface area contributed by atoms with Crippen LogP contribution in [0.15, 0.2) is 85.1 Å². The molecule has 2 unspecified atom stereocenters. The summed E-state index contributed by atoms with van der Waals surface area (Å²) in [5, 5.41) is 7.86. The van der Waals surface area contributed by atoms with Gasteiger partial charge in [0.1, 0.15) is 0 Å². The van der Waals surface area contributed by atoms with E-state index >= 15 is 0 Å². The standard InChI is InChI=1S/C30H31N3O3/c1-21(23-10-4-3-5-11-23)33-29(34)30(2,18-24-19-31-26-13-7-6-12-25(24)26)32-16-8-9-22-14-15-27-28(17-22)36-20-35-27/h3-15,17,19,21,31-32H,16,18,20H2,1-2H3,(H,33,34)/b9-8+. The van der Waals surface area contributed by atoms with Crippen molar-refractivity contribution in [1.29, 1.82) is 0 Å². The van der Waals surface area contributed by atoms with Gasteiger partial charge in [-0.25, -0.2) is 0 Å². The average molecular weight is 482 g/mol. The molecule has 1 aliphatic rings. The van der Waals surface area contributed by atoms with Crippen LogP contribution in [0.4, 0.5) is 0 Å². The van der Waals surface area contributed by atoms with E-state index in [1.807, 2.05) is 92.9 Å². The third kappa shape index (κ3) is 5.14. The summed E-state index contributed by atoms with van der Waals surface area (Å²) in [7, 11) is 0. The van der Waals surface area contributed by atoms with Crippen LogP contribution in [0.5, 0.6) is 11.5 Å². The van der Waals surface area contributed by atoms with Gasteiger partial charge in [-0.05, 0) is 48.7 Å². The molecule has 5 rings (SSSR count). The SMILES string of the molecule is CC(NC(=O)C(C)(Cc1c[nH]c2ccccc12)NC/C=C/c1ccc2c(c1)OCO2)c1ccccc1. The van der Waals surface area contributed by atoms with E-state index in [-0.39, 0.29) is 18.7 Å². The predicted molar refractivity (Wildman–Crippen MR) is 143 cm³/mol. The van der Waals surface area contributed by atoms with Gasteiger partial charge in [0.15, 0.2) is 11.5 Å². The monoisotopic (exact) mass is 481 g/mol. The van der Waals surface area contributed by atoms with Crippen molar-refractivity contribution in [3.63, 3.8) is 0 Å². The van der Waals surface area contributed by atoms with Gasteiger partial charge < -0.3 is 19.8 Å². The molecule has 0 aliphatic carbocycles. The van der Waals surface area contributed by atoms with Crippen LogP contribution >= 0.6 is 0 Å². The highest BCUT2D eigenvalue weighted by Crippen LogP contribution is 2.32. The molecule has 6 heteroatoms. The molecule has 3 aromatic carbocycles. The lowest BCUT2D eigenvalue weighted by Gasteiger charge is -2.31. The number of ether oxygens (including phenoxy) is 2. The molecular weight excluding hydrogens is 450 g/mol. The maximum absolute atomic E-state index is 13.7. The van der Waals surface area contributed by atoms with Gasteiger partial charge >= 0.3 is 0 Å². The highest BCUT2D eigenvalue weighted by Gasteiger charge is 2.34. The zero-order valence-electron chi connectivity index (χ0n) is 20.6. The Hall–Kier alpha value is -4.03. The summed E-state index contributed by atoms with van der Waals surface area (Å²) in [6.45, 7) is 4.77. The van der Waals surface area contributed by atoms with Gasteiger partial charge in [0, 0.05) is 30.1 Å². The van der Waals surface area contributed by atoms with Crippen LogP contribution in [-0.4, -0.2) is 29.8 Å². The topological polar surface area (TPSA) is 75.4 Å². The van der Waals surface area contributed by atoms with Crippen molar-refractivity contribution in [2.45, 2.75) is 31.8 Å². The van der Waals surface area contributed by atoms with Gasteiger partial charge in [0.25, 0.3) is 0 Å². The predicted octanol–water partition coefficient (Wildman–Crippen LogP) is 5.38. The molecule has 1 aliphatic heterocycles. The van der Waals surface area contributed by atoms with E-state index < -0.39 is 5.54 Å². The lowest BCUT2D eigenvalue weighted by atomic mass is 9.90. The summed E-state index contributed by atoms with van der Waals surface area (Å²) >= 11 is 0. The second kappa shape index (κ2) is 10.3. The van der Waals surface area contributed by atoms with Crippen molar-refractivity contribution >= 4 is 22.9 Å². The first kappa shape index (κ1) is 23.7. The Morgan fingerprint density at radius 3 is 2.69 bits per heavy atom. The molecule has 2 atom stereocenters. The van der Waals surface area contributed by atoms with E-state index in [4.69, 9.17) is 9.47 Å². The van der Waals surface area contributed by atoms with Crippen LogP contribution in [-0.2, 0) is 11.2 Å². The summed E-state index contributed by atoms with van der Waals surface area (Å²) < 4.78 is 10.9. The number of para-hydroxylation sites is 1. The molecular formula is C30H31N3O3. The normalized spacial score (nSPS) is 15.2. The fourth-order valence-electron chi connectivity index (χ4n) is 4.56. The van der Waals surface area contributed by atoms with Crippen LogP contribution in [0.1, 0.15) is 36.6 Å². The molecule has 0 spiro atoms. The lowest BCUT2D eigenvalue weighted by molar-refractivity contribution is -0.127. The van der Waals surface area contributed by atoms with Crippen molar-refractivity contribution in [3.05, 3.63) is 102 Å². The third-order valence-electron chi connectivity index (χ3n) is 6.68. The molecule has 4 aromatic rings. The first-order chi connectivity index (χ1) is 17.5. The maximum atomic E-state index is 13.7. The minimum Gasteiger partial charge on any atom is -0.454 e. The maximum Gasteiger partial charge on any atom is 0.240 e. The number of hydrogen-bond donors (Lipinski definition) is 3. The van der Waals surface area contributed by atoms with E-state index in [0.717, 1.165) is 39.1 Å². The number of aromatic nitrogens is 1. The third-order valence-corrected chi connectivity index (χ3v) is 6.68. The number of carbonyl (C=O) groups is 1. The van der Waals surface area contributed by atoms with E-state index in [1.54, 1.807) is 0 Å². The molecule has 0 bridgehead atoms. The molecule has 6 nitrogen and oxygen atoms in total. The fraction of sp³-hybridized carbons (Fsp3) is 0.233. The Bertz CT molecular complexity index is 1380. The Labute approximate surface area is 211 Å². The number of nitrogens with one attached hydrogen (secondary N) is 3. The number of H-pyrrole nitrogens is 1. The Kier molecular flexibility index (Phi) is 6.78. The zero-order chi connectivity index (χ0) is 25.0. The van der Waals surface area contributed by atoms with E-state index in [9.17, 15) is 4.79 Å².